The highest BCUT2D eigenvalue weighted by atomic mass is 32.2. The average Bonchev–Trinajstić information content (AvgIpc) is 2.29. The standard InChI is InChI=1S/C11H14N2O2S/c1-3-15-11(14)8-4-5-9(13-2)10(6-8)16-7-12/h4-6H,2-3,7,12H2,1H3. The maximum atomic E-state index is 11.5. The molecule has 86 valence electrons. The van der Waals surface area contributed by atoms with Crippen LogP contribution in [0.4, 0.5) is 5.69 Å². The Balaban J connectivity index is 3.01. The third-order valence-electron chi connectivity index (χ3n) is 1.88. The van der Waals surface area contributed by atoms with Crippen molar-refractivity contribution < 1.29 is 9.53 Å². The van der Waals surface area contributed by atoms with Crippen LogP contribution in [0.15, 0.2) is 28.1 Å². The molecule has 0 aliphatic carbocycles. The summed E-state index contributed by atoms with van der Waals surface area (Å²) < 4.78 is 4.91. The Morgan fingerprint density at radius 2 is 2.38 bits per heavy atom. The van der Waals surface area contributed by atoms with E-state index in [2.05, 4.69) is 11.7 Å². The highest BCUT2D eigenvalue weighted by Gasteiger charge is 2.09. The molecule has 1 aromatic rings. The first-order valence-corrected chi connectivity index (χ1v) is 5.82. The summed E-state index contributed by atoms with van der Waals surface area (Å²) in [6, 6.07) is 5.12. The average molecular weight is 238 g/mol. The van der Waals surface area contributed by atoms with E-state index in [4.69, 9.17) is 10.5 Å². The molecule has 0 aliphatic heterocycles. The molecule has 4 nitrogen and oxygen atoms in total. The summed E-state index contributed by atoms with van der Waals surface area (Å²) in [6.45, 7) is 5.60. The number of esters is 1. The van der Waals surface area contributed by atoms with E-state index in [1.54, 1.807) is 25.1 Å². The van der Waals surface area contributed by atoms with Gasteiger partial charge < -0.3 is 10.5 Å². The summed E-state index contributed by atoms with van der Waals surface area (Å²) in [5.41, 5.74) is 6.68. The lowest BCUT2D eigenvalue weighted by molar-refractivity contribution is 0.0526. The molecule has 0 atom stereocenters. The fourth-order valence-electron chi connectivity index (χ4n) is 1.19. The quantitative estimate of drug-likeness (QED) is 0.369. The van der Waals surface area contributed by atoms with Crippen molar-refractivity contribution in [2.75, 3.05) is 12.5 Å². The molecule has 0 saturated carbocycles. The van der Waals surface area contributed by atoms with Crippen molar-refractivity contribution in [1.82, 2.24) is 0 Å². The summed E-state index contributed by atoms with van der Waals surface area (Å²) in [6.07, 6.45) is 0. The number of aliphatic imine (C=N–C) groups is 1. The molecule has 0 spiro atoms. The molecule has 0 radical (unpaired) electrons. The lowest BCUT2D eigenvalue weighted by Gasteiger charge is -2.06. The van der Waals surface area contributed by atoms with Gasteiger partial charge in [-0.25, -0.2) is 4.79 Å². The highest BCUT2D eigenvalue weighted by Crippen LogP contribution is 2.29. The highest BCUT2D eigenvalue weighted by molar-refractivity contribution is 7.99. The van der Waals surface area contributed by atoms with Gasteiger partial charge in [-0.1, -0.05) is 0 Å². The van der Waals surface area contributed by atoms with Gasteiger partial charge in [-0.3, -0.25) is 4.99 Å². The fourth-order valence-corrected chi connectivity index (χ4v) is 1.86. The van der Waals surface area contributed by atoms with E-state index in [-0.39, 0.29) is 5.97 Å². The van der Waals surface area contributed by atoms with Crippen LogP contribution in [-0.4, -0.2) is 25.2 Å². The van der Waals surface area contributed by atoms with Gasteiger partial charge in [0.2, 0.25) is 0 Å². The Bertz CT molecular complexity index is 394. The van der Waals surface area contributed by atoms with Gasteiger partial charge in [-0.2, -0.15) is 0 Å². The van der Waals surface area contributed by atoms with Crippen molar-refractivity contribution in [3.05, 3.63) is 23.8 Å². The Labute approximate surface area is 98.9 Å². The topological polar surface area (TPSA) is 64.7 Å². The van der Waals surface area contributed by atoms with Crippen molar-refractivity contribution in [3.8, 4) is 0 Å². The predicted molar refractivity (Wildman–Crippen MR) is 66.5 cm³/mol. The molecule has 0 aliphatic rings. The third-order valence-corrected chi connectivity index (χ3v) is 2.68. The van der Waals surface area contributed by atoms with Crippen LogP contribution >= 0.6 is 11.8 Å². The van der Waals surface area contributed by atoms with Gasteiger partial charge in [0.25, 0.3) is 0 Å². The number of rotatable bonds is 5. The second-order valence-corrected chi connectivity index (χ2v) is 3.93. The zero-order chi connectivity index (χ0) is 12.0. The Kier molecular flexibility index (Phi) is 5.01. The largest absolute Gasteiger partial charge is 0.462 e. The normalized spacial score (nSPS) is 9.88. The zero-order valence-corrected chi connectivity index (χ0v) is 9.92. The van der Waals surface area contributed by atoms with Gasteiger partial charge in [0.1, 0.15) is 0 Å². The molecular weight excluding hydrogens is 224 g/mol. The first-order valence-electron chi connectivity index (χ1n) is 4.83. The number of carbonyl (C=O) groups excluding carboxylic acids is 1. The molecule has 0 aromatic heterocycles. The number of thioether (sulfide) groups is 1. The number of hydrogen-bond acceptors (Lipinski definition) is 5. The van der Waals surface area contributed by atoms with Crippen LogP contribution in [0.1, 0.15) is 17.3 Å². The molecule has 16 heavy (non-hydrogen) atoms. The summed E-state index contributed by atoms with van der Waals surface area (Å²) in [4.78, 5) is 16.2. The van der Waals surface area contributed by atoms with E-state index in [0.29, 0.717) is 18.0 Å². The number of benzene rings is 1. The number of hydrogen-bond donors (Lipinski definition) is 1. The minimum atomic E-state index is -0.336. The SMILES string of the molecule is C=Nc1ccc(C(=O)OCC)cc1SCN. The van der Waals surface area contributed by atoms with Gasteiger partial charge >= 0.3 is 5.97 Å². The van der Waals surface area contributed by atoms with Crippen LogP contribution in [0, 0.1) is 0 Å². The summed E-state index contributed by atoms with van der Waals surface area (Å²) in [7, 11) is 0. The third kappa shape index (κ3) is 3.08. The molecule has 0 amide bonds. The lowest BCUT2D eigenvalue weighted by Crippen LogP contribution is -2.04. The van der Waals surface area contributed by atoms with E-state index in [1.165, 1.54) is 11.8 Å². The van der Waals surface area contributed by atoms with Gasteiger partial charge in [0.05, 0.1) is 17.9 Å². The van der Waals surface area contributed by atoms with Crippen molar-refractivity contribution in [2.24, 2.45) is 10.7 Å². The minimum Gasteiger partial charge on any atom is -0.462 e. The molecule has 1 aromatic carbocycles. The summed E-state index contributed by atoms with van der Waals surface area (Å²) >= 11 is 1.41. The molecule has 0 heterocycles. The summed E-state index contributed by atoms with van der Waals surface area (Å²) in [5.74, 6) is 0.0893. The molecule has 5 heteroatoms. The van der Waals surface area contributed by atoms with E-state index in [1.807, 2.05) is 0 Å². The Morgan fingerprint density at radius 1 is 1.62 bits per heavy atom. The van der Waals surface area contributed by atoms with Crippen molar-refractivity contribution in [1.29, 1.82) is 0 Å². The minimum absolute atomic E-state index is 0.336. The van der Waals surface area contributed by atoms with Gasteiger partial charge in [-0.05, 0) is 31.8 Å². The van der Waals surface area contributed by atoms with E-state index in [9.17, 15) is 4.79 Å². The second kappa shape index (κ2) is 6.30. The lowest BCUT2D eigenvalue weighted by atomic mass is 10.2. The molecule has 1 rings (SSSR count). The molecule has 2 N–H and O–H groups in total. The van der Waals surface area contributed by atoms with Gasteiger partial charge in [0.15, 0.2) is 0 Å². The first kappa shape index (κ1) is 12.7. The van der Waals surface area contributed by atoms with Gasteiger partial charge in [0, 0.05) is 10.8 Å². The second-order valence-electron chi connectivity index (χ2n) is 2.87. The van der Waals surface area contributed by atoms with Crippen LogP contribution in [0.5, 0.6) is 0 Å². The van der Waals surface area contributed by atoms with Crippen molar-refractivity contribution in [3.63, 3.8) is 0 Å². The van der Waals surface area contributed by atoms with Crippen LogP contribution in [0.2, 0.25) is 0 Å². The number of nitrogens with zero attached hydrogens (tertiary/aromatic N) is 1. The number of ether oxygens (including phenoxy) is 1. The van der Waals surface area contributed by atoms with Crippen LogP contribution in [0.25, 0.3) is 0 Å². The van der Waals surface area contributed by atoms with Crippen LogP contribution in [0.3, 0.4) is 0 Å². The van der Waals surface area contributed by atoms with E-state index >= 15 is 0 Å². The first-order chi connectivity index (χ1) is 7.72. The van der Waals surface area contributed by atoms with E-state index < -0.39 is 0 Å². The smallest absolute Gasteiger partial charge is 0.338 e. The van der Waals surface area contributed by atoms with Crippen molar-refractivity contribution in [2.45, 2.75) is 11.8 Å². The zero-order valence-electron chi connectivity index (χ0n) is 9.10. The Morgan fingerprint density at radius 3 is 2.94 bits per heavy atom. The molecule has 0 bridgehead atoms. The monoisotopic (exact) mass is 238 g/mol. The van der Waals surface area contributed by atoms with Crippen LogP contribution < -0.4 is 5.73 Å². The van der Waals surface area contributed by atoms with Gasteiger partial charge in [-0.15, -0.1) is 11.8 Å². The fraction of sp³-hybridized carbons (Fsp3) is 0.273. The number of carbonyl (C=O) groups is 1. The predicted octanol–water partition coefficient (Wildman–Crippen LogP) is 2.20. The number of nitrogens with two attached hydrogens (primary N) is 1. The maximum Gasteiger partial charge on any atom is 0.338 e. The molecule has 0 fully saturated rings. The summed E-state index contributed by atoms with van der Waals surface area (Å²) in [5, 5.41) is 0. The van der Waals surface area contributed by atoms with Crippen molar-refractivity contribution >= 4 is 30.1 Å². The Hall–Kier alpha value is -1.33. The molecule has 0 saturated heterocycles. The van der Waals surface area contributed by atoms with E-state index in [0.717, 1.165) is 10.6 Å². The van der Waals surface area contributed by atoms with Crippen LogP contribution in [-0.2, 0) is 4.74 Å². The maximum absolute atomic E-state index is 11.5. The molecular formula is C11H14N2O2S. The molecule has 0 unspecified atom stereocenters.